The van der Waals surface area contributed by atoms with E-state index in [4.69, 9.17) is 0 Å². The Labute approximate surface area is 346 Å². The fourth-order valence-electron chi connectivity index (χ4n) is 8.81. The molecule has 3 aliphatic heterocycles. The smallest absolute Gasteiger partial charge is 0.331 e. The third-order valence-corrected chi connectivity index (χ3v) is 14.1. The van der Waals surface area contributed by atoms with Crippen molar-refractivity contribution in [3.8, 4) is 0 Å². The number of benzene rings is 2. The zero-order valence-electron chi connectivity index (χ0n) is 33.6. The minimum atomic E-state index is -4.52. The first kappa shape index (κ1) is 44.2. The number of hydrogen-bond donors (Lipinski definition) is 3. The highest BCUT2D eigenvalue weighted by molar-refractivity contribution is 7.86. The average Bonchev–Trinajstić information content (AvgIpc) is 3.49. The van der Waals surface area contributed by atoms with Gasteiger partial charge in [0.1, 0.15) is 6.54 Å². The number of rotatable bonds is 12. The number of aliphatic carboxylic acids is 1. The lowest BCUT2D eigenvalue weighted by molar-refractivity contribution is -0.519. The lowest BCUT2D eigenvalue weighted by Gasteiger charge is -2.28. The topological polar surface area (TPSA) is 213 Å². The molecule has 0 unspecified atom stereocenters. The molecule has 0 atom stereocenters. The van der Waals surface area contributed by atoms with Gasteiger partial charge in [-0.1, -0.05) is 58.0 Å². The lowest BCUT2D eigenvalue weighted by atomic mass is 9.82. The van der Waals surface area contributed by atoms with E-state index in [1.807, 2.05) is 55.2 Å². The summed E-state index contributed by atoms with van der Waals surface area (Å²) in [5.41, 5.74) is 6.99. The summed E-state index contributed by atoms with van der Waals surface area (Å²) in [6, 6.07) is 12.2. The molecule has 2 aromatic rings. The molecule has 1 saturated carbocycles. The Morgan fingerprint density at radius 1 is 0.780 bits per heavy atom. The van der Waals surface area contributed by atoms with Crippen molar-refractivity contribution in [3.63, 3.8) is 0 Å². The summed E-state index contributed by atoms with van der Waals surface area (Å²) in [4.78, 5) is 15.6. The zero-order chi connectivity index (χ0) is 43.1. The molecule has 0 bridgehead atoms. The van der Waals surface area contributed by atoms with Gasteiger partial charge in [-0.2, -0.15) is 16.8 Å². The van der Waals surface area contributed by atoms with Crippen LogP contribution in [0.4, 0.5) is 11.4 Å². The van der Waals surface area contributed by atoms with Crippen molar-refractivity contribution >= 4 is 53.4 Å². The van der Waals surface area contributed by atoms with E-state index in [1.165, 1.54) is 12.1 Å². The second-order valence-corrected chi connectivity index (χ2v) is 20.9. The van der Waals surface area contributed by atoms with E-state index in [0.717, 1.165) is 52.3 Å². The molecule has 3 N–H and O–H groups in total. The Bertz CT molecular complexity index is 2580. The molecule has 0 aromatic heterocycles. The van der Waals surface area contributed by atoms with E-state index < -0.39 is 58.7 Å². The number of carboxylic acids is 1. The minimum absolute atomic E-state index is 0.0806. The number of carboxylic acid groups (broad SMARTS) is 1. The highest BCUT2D eigenvalue weighted by Crippen LogP contribution is 2.49. The van der Waals surface area contributed by atoms with Crippen molar-refractivity contribution in [1.82, 2.24) is 0 Å². The second-order valence-electron chi connectivity index (χ2n) is 16.4. The van der Waals surface area contributed by atoms with Gasteiger partial charge in [0, 0.05) is 75.6 Å². The van der Waals surface area contributed by atoms with Gasteiger partial charge in [0.25, 0.3) is 20.2 Å². The van der Waals surface area contributed by atoms with Gasteiger partial charge in [0.2, 0.25) is 5.71 Å². The van der Waals surface area contributed by atoms with Gasteiger partial charge in [-0.3, -0.25) is 9.11 Å². The summed E-state index contributed by atoms with van der Waals surface area (Å²) < 4.78 is 104. The van der Waals surface area contributed by atoms with Crippen LogP contribution in [-0.4, -0.2) is 98.0 Å². The number of nitrogens with zero attached hydrogens (tertiary/aromatic N) is 3. The van der Waals surface area contributed by atoms with Crippen LogP contribution in [0.2, 0.25) is 0 Å². The number of anilines is 2. The highest BCUT2D eigenvalue weighted by atomic mass is 32.2. The molecule has 0 amide bonds. The fourth-order valence-corrected chi connectivity index (χ4v) is 10.3. The molecule has 4 aliphatic rings. The van der Waals surface area contributed by atoms with E-state index in [0.29, 0.717) is 49.3 Å². The van der Waals surface area contributed by atoms with Gasteiger partial charge < -0.3 is 19.5 Å². The highest BCUT2D eigenvalue weighted by Gasteiger charge is 2.42. The Hall–Kier alpha value is -4.39. The first-order chi connectivity index (χ1) is 27.5. The van der Waals surface area contributed by atoms with Crippen LogP contribution in [0.1, 0.15) is 77.3 Å². The van der Waals surface area contributed by atoms with Gasteiger partial charge in [0.05, 0.1) is 20.8 Å². The third-order valence-electron chi connectivity index (χ3n) is 11.7. The molecule has 1 fully saturated rings. The van der Waals surface area contributed by atoms with Gasteiger partial charge in [-0.15, -0.1) is 0 Å². The normalized spacial score (nSPS) is 23.3. The van der Waals surface area contributed by atoms with E-state index in [9.17, 15) is 48.8 Å². The van der Waals surface area contributed by atoms with E-state index in [-0.39, 0.29) is 24.3 Å². The van der Waals surface area contributed by atoms with Gasteiger partial charge in [0.15, 0.2) is 6.54 Å². The monoisotopic (exact) mass is 869 g/mol. The minimum Gasteiger partial charge on any atom is -0.748 e. The maximum absolute atomic E-state index is 12.2. The molecular weight excluding hydrogens is 819 g/mol. The van der Waals surface area contributed by atoms with E-state index in [2.05, 4.69) is 35.5 Å². The van der Waals surface area contributed by atoms with Gasteiger partial charge >= 0.3 is 5.97 Å². The van der Waals surface area contributed by atoms with Crippen LogP contribution in [0.15, 0.2) is 106 Å². The zero-order valence-corrected chi connectivity index (χ0v) is 36.0. The Morgan fingerprint density at radius 3 is 1.86 bits per heavy atom. The number of allylic oxidation sites excluding steroid dienone is 8. The van der Waals surface area contributed by atoms with Crippen molar-refractivity contribution in [1.29, 1.82) is 0 Å². The summed E-state index contributed by atoms with van der Waals surface area (Å²) in [5, 5.41) is 9.73. The number of para-hydroxylation sites is 1. The summed E-state index contributed by atoms with van der Waals surface area (Å²) >= 11 is 0. The van der Waals surface area contributed by atoms with Gasteiger partial charge in [-0.25, -0.2) is 17.8 Å². The van der Waals surface area contributed by atoms with Crippen LogP contribution in [0, 0.1) is 0 Å². The SMILES string of the molecule is CC1(C)/C(=C/C=C2\CCC/C(=C\C=C3/N(CCCS(=O)(=O)O)c4ccc(S(=O)(=O)O)cc4C3(C)C)C2=[N+]2CC=C(C(=O)O)CC2)N(CCCS(=O)(=O)[O-])c2ccccc21. The van der Waals surface area contributed by atoms with Gasteiger partial charge in [-0.05, 0) is 85.7 Å². The van der Waals surface area contributed by atoms with Crippen molar-refractivity contribution in [2.45, 2.75) is 81.9 Å². The van der Waals surface area contributed by atoms with Crippen molar-refractivity contribution in [2.24, 2.45) is 0 Å². The van der Waals surface area contributed by atoms with E-state index >= 15 is 0 Å². The molecule has 14 nitrogen and oxygen atoms in total. The van der Waals surface area contributed by atoms with Crippen LogP contribution in [0.3, 0.4) is 0 Å². The molecule has 59 heavy (non-hydrogen) atoms. The molecule has 0 radical (unpaired) electrons. The molecule has 6 rings (SSSR count). The quantitative estimate of drug-likeness (QED) is 0.172. The summed E-state index contributed by atoms with van der Waals surface area (Å²) in [6.45, 7) is 9.38. The Morgan fingerprint density at radius 2 is 1.34 bits per heavy atom. The molecule has 2 aromatic carbocycles. The Balaban J connectivity index is 1.46. The van der Waals surface area contributed by atoms with Crippen LogP contribution >= 0.6 is 0 Å². The maximum Gasteiger partial charge on any atom is 0.331 e. The first-order valence-electron chi connectivity index (χ1n) is 19.5. The molecular formula is C42H51N3O11S3. The van der Waals surface area contributed by atoms with Crippen LogP contribution in [0.5, 0.6) is 0 Å². The largest absolute Gasteiger partial charge is 0.748 e. The van der Waals surface area contributed by atoms with Crippen molar-refractivity contribution in [3.05, 3.63) is 112 Å². The van der Waals surface area contributed by atoms with Crippen LogP contribution in [-0.2, 0) is 46.0 Å². The standard InChI is InChI=1S/C42H51N3O11S3/c1-41(2)33-12-5-6-13-35(33)44(22-8-26-57(48,49)50)37(41)18-14-29-10-7-11-30(39(29)43-24-20-31(21-25-43)40(46)47)15-19-38-42(3,4)34-28-32(59(54,55)56)16-17-36(34)45(38)23-9-27-58(51,52)53/h5-6,12-20,28H,7-11,21-27H2,1-4H3,(H3-,46,47,48,49,50,51,52,53,54,55,56). The van der Waals surface area contributed by atoms with E-state index in [1.54, 1.807) is 12.1 Å². The maximum atomic E-state index is 12.2. The number of hydrogen-bond acceptors (Lipinski definition) is 10. The van der Waals surface area contributed by atoms with Crippen LogP contribution < -0.4 is 9.80 Å². The average molecular weight is 870 g/mol. The second kappa shape index (κ2) is 16.6. The first-order valence-corrected chi connectivity index (χ1v) is 24.1. The van der Waals surface area contributed by atoms with Crippen molar-refractivity contribution in [2.75, 3.05) is 47.5 Å². The molecule has 17 heteroatoms. The summed E-state index contributed by atoms with van der Waals surface area (Å²) in [7, 11) is -13.2. The van der Waals surface area contributed by atoms with Crippen molar-refractivity contribution < 1.29 is 53.4 Å². The van der Waals surface area contributed by atoms with Crippen LogP contribution in [0.25, 0.3) is 0 Å². The summed E-state index contributed by atoms with van der Waals surface area (Å²) in [5.74, 6) is -1.91. The number of fused-ring (bicyclic) bond motifs is 2. The lowest BCUT2D eigenvalue weighted by Crippen LogP contribution is -2.32. The number of carbonyl (C=O) groups is 1. The summed E-state index contributed by atoms with van der Waals surface area (Å²) in [6.07, 6.45) is 12.6. The third kappa shape index (κ3) is 9.66. The molecule has 3 heterocycles. The Kier molecular flexibility index (Phi) is 12.4. The predicted octanol–water partition coefficient (Wildman–Crippen LogP) is 5.71. The fraction of sp³-hybridized carbons (Fsp3) is 0.429. The molecule has 0 saturated heterocycles. The molecule has 1 aliphatic carbocycles. The predicted molar refractivity (Wildman–Crippen MR) is 225 cm³/mol. The molecule has 0 spiro atoms. The molecule has 318 valence electrons.